The number of rotatable bonds is 6. The second-order valence-corrected chi connectivity index (χ2v) is 7.29. The van der Waals surface area contributed by atoms with Crippen LogP contribution < -0.4 is 4.90 Å². The van der Waals surface area contributed by atoms with Crippen LogP contribution >= 0.6 is 0 Å². The lowest BCUT2D eigenvalue weighted by atomic mass is 9.96. The molecule has 0 bridgehead atoms. The van der Waals surface area contributed by atoms with E-state index in [0.717, 1.165) is 28.2 Å². The van der Waals surface area contributed by atoms with Crippen molar-refractivity contribution >= 4 is 34.8 Å². The summed E-state index contributed by atoms with van der Waals surface area (Å²) in [6, 6.07) is 25.1. The molecule has 1 unspecified atom stereocenters. The number of hydrogen-bond acceptors (Lipinski definition) is 6. The second kappa shape index (κ2) is 9.17. The number of benzene rings is 3. The van der Waals surface area contributed by atoms with E-state index in [1.165, 1.54) is 0 Å². The number of carbonyl (C=O) groups excluding carboxylic acids is 1. The number of azo groups is 1. The van der Waals surface area contributed by atoms with Crippen molar-refractivity contribution in [1.82, 2.24) is 0 Å². The Morgan fingerprint density at radius 2 is 1.48 bits per heavy atom. The van der Waals surface area contributed by atoms with E-state index in [-0.39, 0.29) is 5.97 Å². The molecular weight excluding hydrogens is 388 g/mol. The van der Waals surface area contributed by atoms with E-state index in [1.54, 1.807) is 0 Å². The molecule has 0 fully saturated rings. The normalized spacial score (nSPS) is 16.0. The van der Waals surface area contributed by atoms with Gasteiger partial charge in [0.1, 0.15) is 11.6 Å². The Bertz CT molecular complexity index is 1130. The monoisotopic (exact) mass is 410 g/mol. The largest absolute Gasteiger partial charge is 0.378 e. The summed E-state index contributed by atoms with van der Waals surface area (Å²) in [7, 11) is 3.99. The lowest BCUT2D eigenvalue weighted by Gasteiger charge is -2.11. The second-order valence-electron chi connectivity index (χ2n) is 7.29. The summed E-state index contributed by atoms with van der Waals surface area (Å²) < 4.78 is 0. The highest BCUT2D eigenvalue weighted by atomic mass is 16.7. The van der Waals surface area contributed by atoms with Crippen LogP contribution in [0.5, 0.6) is 0 Å². The van der Waals surface area contributed by atoms with Crippen LogP contribution in [0.3, 0.4) is 0 Å². The molecule has 3 aromatic rings. The third kappa shape index (κ3) is 4.93. The van der Waals surface area contributed by atoms with E-state index in [1.807, 2.05) is 110 Å². The highest BCUT2D eigenvalue weighted by Gasteiger charge is 2.31. The average molecular weight is 410 g/mol. The molecule has 0 radical (unpaired) electrons. The molecule has 0 amide bonds. The quantitative estimate of drug-likeness (QED) is 0.383. The van der Waals surface area contributed by atoms with Gasteiger partial charge in [0.25, 0.3) is 0 Å². The standard InChI is InChI=1S/C25H22N4O2/c1-29(2)22-15-13-21(14-16-22)27-26-20-11-8-18(9-12-20)10-17-23-24(28-31-25(23)30)19-6-4-3-5-7-19/h3-17,23H,1-2H3/b17-10+,27-26?. The van der Waals surface area contributed by atoms with Crippen molar-refractivity contribution < 1.29 is 9.63 Å². The molecule has 31 heavy (non-hydrogen) atoms. The van der Waals surface area contributed by atoms with Crippen LogP contribution in [-0.4, -0.2) is 25.8 Å². The van der Waals surface area contributed by atoms with Crippen molar-refractivity contribution in [3.8, 4) is 0 Å². The van der Waals surface area contributed by atoms with Crippen LogP contribution in [0, 0.1) is 5.92 Å². The van der Waals surface area contributed by atoms with Gasteiger partial charge in [-0.15, -0.1) is 0 Å². The van der Waals surface area contributed by atoms with Gasteiger partial charge in [0.15, 0.2) is 0 Å². The number of anilines is 1. The first kappa shape index (κ1) is 20.2. The summed E-state index contributed by atoms with van der Waals surface area (Å²) in [6.07, 6.45) is 3.70. The van der Waals surface area contributed by atoms with Gasteiger partial charge < -0.3 is 9.74 Å². The fourth-order valence-corrected chi connectivity index (χ4v) is 3.12. The first-order chi connectivity index (χ1) is 15.1. The molecule has 6 nitrogen and oxygen atoms in total. The van der Waals surface area contributed by atoms with Gasteiger partial charge in [-0.3, -0.25) is 0 Å². The van der Waals surface area contributed by atoms with Crippen LogP contribution in [0.15, 0.2) is 100 Å². The number of carbonyl (C=O) groups is 1. The predicted molar refractivity (Wildman–Crippen MR) is 123 cm³/mol. The van der Waals surface area contributed by atoms with Crippen LogP contribution in [-0.2, 0) is 9.63 Å². The highest BCUT2D eigenvalue weighted by Crippen LogP contribution is 2.23. The third-order valence-electron chi connectivity index (χ3n) is 4.87. The van der Waals surface area contributed by atoms with Crippen molar-refractivity contribution in [2.75, 3.05) is 19.0 Å². The zero-order chi connectivity index (χ0) is 21.6. The minimum atomic E-state index is -0.521. The molecule has 154 valence electrons. The van der Waals surface area contributed by atoms with E-state index in [4.69, 9.17) is 4.84 Å². The highest BCUT2D eigenvalue weighted by molar-refractivity contribution is 6.15. The molecular formula is C25H22N4O2. The maximum absolute atomic E-state index is 12.1. The Kier molecular flexibility index (Phi) is 5.98. The van der Waals surface area contributed by atoms with Crippen molar-refractivity contribution in [2.45, 2.75) is 0 Å². The molecule has 1 atom stereocenters. The zero-order valence-electron chi connectivity index (χ0n) is 17.3. The minimum absolute atomic E-state index is 0.374. The topological polar surface area (TPSA) is 66.6 Å². The molecule has 0 spiro atoms. The Labute approximate surface area is 181 Å². The lowest BCUT2D eigenvalue weighted by Crippen LogP contribution is -2.16. The average Bonchev–Trinajstić information content (AvgIpc) is 3.18. The Morgan fingerprint density at radius 3 is 2.10 bits per heavy atom. The van der Waals surface area contributed by atoms with Crippen molar-refractivity contribution in [2.24, 2.45) is 21.3 Å². The fourth-order valence-electron chi connectivity index (χ4n) is 3.12. The predicted octanol–water partition coefficient (Wildman–Crippen LogP) is 5.76. The molecule has 3 aromatic carbocycles. The molecule has 0 aromatic heterocycles. The van der Waals surface area contributed by atoms with Crippen LogP contribution in [0.4, 0.5) is 17.1 Å². The van der Waals surface area contributed by atoms with Crippen LogP contribution in [0.1, 0.15) is 11.1 Å². The molecule has 1 heterocycles. The van der Waals surface area contributed by atoms with Gasteiger partial charge in [-0.1, -0.05) is 59.8 Å². The van der Waals surface area contributed by atoms with Gasteiger partial charge in [0.2, 0.25) is 0 Å². The Balaban J connectivity index is 1.43. The van der Waals surface area contributed by atoms with Crippen LogP contribution in [0.2, 0.25) is 0 Å². The summed E-state index contributed by atoms with van der Waals surface area (Å²) in [5, 5.41) is 12.5. The fraction of sp³-hybridized carbons (Fsp3) is 0.120. The summed E-state index contributed by atoms with van der Waals surface area (Å²) in [6.45, 7) is 0. The molecule has 0 aliphatic carbocycles. The van der Waals surface area contributed by atoms with E-state index < -0.39 is 5.92 Å². The van der Waals surface area contributed by atoms with Gasteiger partial charge in [-0.25, -0.2) is 4.79 Å². The van der Waals surface area contributed by atoms with Crippen molar-refractivity contribution in [3.63, 3.8) is 0 Å². The number of nitrogens with zero attached hydrogens (tertiary/aromatic N) is 4. The summed E-state index contributed by atoms with van der Waals surface area (Å²) in [5.74, 6) is -0.896. The third-order valence-corrected chi connectivity index (χ3v) is 4.87. The van der Waals surface area contributed by atoms with Gasteiger partial charge in [0, 0.05) is 25.3 Å². The van der Waals surface area contributed by atoms with E-state index in [0.29, 0.717) is 5.71 Å². The van der Waals surface area contributed by atoms with E-state index >= 15 is 0 Å². The maximum Gasteiger partial charge on any atom is 0.347 e. The molecule has 6 heteroatoms. The molecule has 4 rings (SSSR count). The minimum Gasteiger partial charge on any atom is -0.378 e. The molecule has 1 aliphatic heterocycles. The van der Waals surface area contributed by atoms with Crippen LogP contribution in [0.25, 0.3) is 6.08 Å². The molecule has 0 N–H and O–H groups in total. The first-order valence-corrected chi connectivity index (χ1v) is 9.92. The summed E-state index contributed by atoms with van der Waals surface area (Å²) >= 11 is 0. The smallest absolute Gasteiger partial charge is 0.347 e. The molecule has 1 aliphatic rings. The summed E-state index contributed by atoms with van der Waals surface area (Å²) in [5.41, 5.74) is 5.09. The summed E-state index contributed by atoms with van der Waals surface area (Å²) in [4.78, 5) is 19.0. The Hall–Kier alpha value is -4.06. The number of hydrogen-bond donors (Lipinski definition) is 0. The van der Waals surface area contributed by atoms with Gasteiger partial charge in [0.05, 0.1) is 11.4 Å². The Morgan fingerprint density at radius 1 is 0.871 bits per heavy atom. The van der Waals surface area contributed by atoms with E-state index in [9.17, 15) is 4.79 Å². The number of oxime groups is 1. The van der Waals surface area contributed by atoms with Crippen molar-refractivity contribution in [1.29, 1.82) is 0 Å². The SMILES string of the molecule is CN(C)c1ccc(N=Nc2ccc(/C=C/C3C(=O)ON=C3c3ccccc3)cc2)cc1. The zero-order valence-corrected chi connectivity index (χ0v) is 17.3. The van der Waals surface area contributed by atoms with E-state index in [2.05, 4.69) is 15.4 Å². The molecule has 0 saturated carbocycles. The first-order valence-electron chi connectivity index (χ1n) is 9.92. The van der Waals surface area contributed by atoms with Gasteiger partial charge in [-0.05, 0) is 42.0 Å². The molecule has 0 saturated heterocycles. The maximum atomic E-state index is 12.1. The van der Waals surface area contributed by atoms with Gasteiger partial charge >= 0.3 is 5.97 Å². The lowest BCUT2D eigenvalue weighted by molar-refractivity contribution is -0.142. The van der Waals surface area contributed by atoms with Crippen molar-refractivity contribution in [3.05, 3.63) is 96.1 Å². The van der Waals surface area contributed by atoms with Gasteiger partial charge in [-0.2, -0.15) is 10.2 Å².